The monoisotopic (exact) mass is 514 g/mol. The van der Waals surface area contributed by atoms with Gasteiger partial charge in [0.15, 0.2) is 16.7 Å². The van der Waals surface area contributed by atoms with Crippen LogP contribution in [0.3, 0.4) is 0 Å². The molecule has 0 aliphatic rings. The summed E-state index contributed by atoms with van der Waals surface area (Å²) >= 11 is 13.4. The van der Waals surface area contributed by atoms with Crippen LogP contribution in [0.1, 0.15) is 11.1 Å². The van der Waals surface area contributed by atoms with Crippen LogP contribution in [0.15, 0.2) is 70.9 Å². The van der Waals surface area contributed by atoms with Crippen LogP contribution in [0.4, 0.5) is 0 Å². The summed E-state index contributed by atoms with van der Waals surface area (Å²) in [6, 6.07) is 18.3. The van der Waals surface area contributed by atoms with E-state index >= 15 is 0 Å². The van der Waals surface area contributed by atoms with Crippen LogP contribution in [0.2, 0.25) is 10.0 Å². The summed E-state index contributed by atoms with van der Waals surface area (Å²) in [4.78, 5) is 19.7. The van der Waals surface area contributed by atoms with E-state index in [1.165, 1.54) is 18.0 Å². The smallest absolute Gasteiger partial charge is 0.250 e. The Labute approximate surface area is 210 Å². The van der Waals surface area contributed by atoms with Crippen molar-refractivity contribution < 1.29 is 14.3 Å². The predicted octanol–water partition coefficient (Wildman–Crippen LogP) is 5.70. The van der Waals surface area contributed by atoms with Crippen molar-refractivity contribution in [2.24, 2.45) is 5.10 Å². The molecule has 0 saturated carbocycles. The molecule has 10 heteroatoms. The number of hydrazone groups is 1. The van der Waals surface area contributed by atoms with Crippen molar-refractivity contribution in [1.29, 1.82) is 0 Å². The summed E-state index contributed by atoms with van der Waals surface area (Å²) in [7, 11) is 1.55. The van der Waals surface area contributed by atoms with E-state index in [0.717, 1.165) is 22.2 Å². The number of amides is 1. The standard InChI is InChI=1S/C24H20Cl2N4O3S/c1-32-22-10-15(6-9-21(22)33-13-16-7-8-17(25)11-18(16)26)12-27-30-23(31)14-34-24-28-19-4-2-3-5-20(19)29-24/h2-12H,13-14H2,1H3,(H,28,29)(H,30,31)/b27-12+. The zero-order valence-electron chi connectivity index (χ0n) is 18.0. The Kier molecular flexibility index (Phi) is 7.95. The zero-order valence-corrected chi connectivity index (χ0v) is 20.4. The summed E-state index contributed by atoms with van der Waals surface area (Å²) in [5.74, 6) is 1.02. The number of hydrogen-bond donors (Lipinski definition) is 2. The molecule has 3 aromatic carbocycles. The second kappa shape index (κ2) is 11.3. The Morgan fingerprint density at radius 3 is 2.79 bits per heavy atom. The molecule has 1 amide bonds. The van der Waals surface area contributed by atoms with Crippen LogP contribution in [-0.4, -0.2) is 35.0 Å². The van der Waals surface area contributed by atoms with Crippen LogP contribution < -0.4 is 14.9 Å². The van der Waals surface area contributed by atoms with Crippen molar-refractivity contribution >= 4 is 58.1 Å². The topological polar surface area (TPSA) is 88.6 Å². The summed E-state index contributed by atoms with van der Waals surface area (Å²) in [5, 5.41) is 5.80. The van der Waals surface area contributed by atoms with Crippen LogP contribution in [0.5, 0.6) is 11.5 Å². The molecule has 1 heterocycles. The highest BCUT2D eigenvalue weighted by atomic mass is 35.5. The van der Waals surface area contributed by atoms with Crippen LogP contribution in [-0.2, 0) is 11.4 Å². The number of thioether (sulfide) groups is 1. The lowest BCUT2D eigenvalue weighted by Gasteiger charge is -2.12. The van der Waals surface area contributed by atoms with E-state index < -0.39 is 0 Å². The third-order valence-corrected chi connectivity index (χ3v) is 6.16. The maximum absolute atomic E-state index is 12.1. The first-order valence-electron chi connectivity index (χ1n) is 10.2. The Hall–Kier alpha value is -3.20. The van der Waals surface area contributed by atoms with Gasteiger partial charge in [0.05, 0.1) is 30.1 Å². The van der Waals surface area contributed by atoms with Gasteiger partial charge in [0.2, 0.25) is 0 Å². The molecule has 2 N–H and O–H groups in total. The quantitative estimate of drug-likeness (QED) is 0.170. The molecule has 4 rings (SSSR count). The lowest BCUT2D eigenvalue weighted by atomic mass is 10.2. The molecule has 4 aromatic rings. The van der Waals surface area contributed by atoms with Crippen molar-refractivity contribution in [3.63, 3.8) is 0 Å². The number of imidazole rings is 1. The summed E-state index contributed by atoms with van der Waals surface area (Å²) < 4.78 is 11.3. The number of benzene rings is 3. The van der Waals surface area contributed by atoms with Gasteiger partial charge in [0.1, 0.15) is 6.61 Å². The van der Waals surface area contributed by atoms with Gasteiger partial charge in [-0.1, -0.05) is 53.2 Å². The van der Waals surface area contributed by atoms with E-state index in [1.54, 1.807) is 37.4 Å². The SMILES string of the molecule is COc1cc(/C=N/NC(=O)CSc2nc3ccccc3[nH]2)ccc1OCc1ccc(Cl)cc1Cl. The molecule has 0 saturated heterocycles. The fraction of sp³-hybridized carbons (Fsp3) is 0.125. The fourth-order valence-corrected chi connectivity index (χ4v) is 4.16. The first-order chi connectivity index (χ1) is 16.5. The minimum Gasteiger partial charge on any atom is -0.493 e. The minimum absolute atomic E-state index is 0.181. The highest BCUT2D eigenvalue weighted by Crippen LogP contribution is 2.30. The molecule has 0 unspecified atom stereocenters. The maximum Gasteiger partial charge on any atom is 0.250 e. The number of methoxy groups -OCH3 is 1. The molecule has 0 fully saturated rings. The van der Waals surface area contributed by atoms with Crippen molar-refractivity contribution in [3.8, 4) is 11.5 Å². The number of rotatable bonds is 9. The van der Waals surface area contributed by atoms with Gasteiger partial charge in [-0.25, -0.2) is 10.4 Å². The number of H-pyrrole nitrogens is 1. The van der Waals surface area contributed by atoms with Gasteiger partial charge in [-0.3, -0.25) is 4.79 Å². The normalized spacial score (nSPS) is 11.1. The van der Waals surface area contributed by atoms with Gasteiger partial charge in [-0.15, -0.1) is 0 Å². The second-order valence-electron chi connectivity index (χ2n) is 7.08. The predicted molar refractivity (Wildman–Crippen MR) is 136 cm³/mol. The molecule has 7 nitrogen and oxygen atoms in total. The maximum atomic E-state index is 12.1. The number of carbonyl (C=O) groups excluding carboxylic acids is 1. The van der Waals surface area contributed by atoms with E-state index in [4.69, 9.17) is 32.7 Å². The van der Waals surface area contributed by atoms with Crippen molar-refractivity contribution in [2.75, 3.05) is 12.9 Å². The van der Waals surface area contributed by atoms with Gasteiger partial charge in [-0.05, 0) is 48.0 Å². The molecule has 0 spiro atoms. The molecular formula is C24H20Cl2N4O3S. The minimum atomic E-state index is -0.242. The summed E-state index contributed by atoms with van der Waals surface area (Å²) in [6.45, 7) is 0.263. The number of nitrogens with zero attached hydrogens (tertiary/aromatic N) is 2. The number of fused-ring (bicyclic) bond motifs is 1. The summed E-state index contributed by atoms with van der Waals surface area (Å²) in [6.07, 6.45) is 1.53. The Morgan fingerprint density at radius 2 is 2.00 bits per heavy atom. The largest absolute Gasteiger partial charge is 0.493 e. The van der Waals surface area contributed by atoms with E-state index in [2.05, 4.69) is 20.5 Å². The first-order valence-corrected chi connectivity index (χ1v) is 11.9. The first kappa shape index (κ1) is 23.9. The van der Waals surface area contributed by atoms with Crippen LogP contribution in [0, 0.1) is 0 Å². The average Bonchev–Trinajstić information content (AvgIpc) is 3.26. The molecular weight excluding hydrogens is 495 g/mol. The van der Waals surface area contributed by atoms with Crippen LogP contribution >= 0.6 is 35.0 Å². The zero-order chi connectivity index (χ0) is 23.9. The lowest BCUT2D eigenvalue weighted by Crippen LogP contribution is -2.19. The van der Waals surface area contributed by atoms with Gasteiger partial charge >= 0.3 is 0 Å². The Morgan fingerprint density at radius 1 is 1.15 bits per heavy atom. The van der Waals surface area contributed by atoms with E-state index in [1.807, 2.05) is 30.3 Å². The number of carbonyl (C=O) groups is 1. The van der Waals surface area contributed by atoms with Gasteiger partial charge in [0.25, 0.3) is 5.91 Å². The molecule has 0 radical (unpaired) electrons. The number of ether oxygens (including phenoxy) is 2. The van der Waals surface area contributed by atoms with Gasteiger partial charge in [0, 0.05) is 15.6 Å². The average molecular weight is 515 g/mol. The number of halogens is 2. The van der Waals surface area contributed by atoms with E-state index in [-0.39, 0.29) is 18.3 Å². The van der Waals surface area contributed by atoms with E-state index in [0.29, 0.717) is 26.7 Å². The number of aromatic nitrogens is 2. The highest BCUT2D eigenvalue weighted by Gasteiger charge is 2.09. The van der Waals surface area contributed by atoms with Crippen molar-refractivity contribution in [3.05, 3.63) is 81.8 Å². The lowest BCUT2D eigenvalue weighted by molar-refractivity contribution is -0.118. The Bertz CT molecular complexity index is 1310. The van der Waals surface area contributed by atoms with Crippen molar-refractivity contribution in [1.82, 2.24) is 15.4 Å². The molecule has 0 atom stereocenters. The molecule has 0 aliphatic carbocycles. The third kappa shape index (κ3) is 6.22. The highest BCUT2D eigenvalue weighted by molar-refractivity contribution is 7.99. The molecule has 0 bridgehead atoms. The fourth-order valence-electron chi connectivity index (χ4n) is 3.02. The molecule has 34 heavy (non-hydrogen) atoms. The number of hydrogen-bond acceptors (Lipinski definition) is 6. The second-order valence-corrected chi connectivity index (χ2v) is 8.88. The van der Waals surface area contributed by atoms with Crippen molar-refractivity contribution in [2.45, 2.75) is 11.8 Å². The van der Waals surface area contributed by atoms with Gasteiger partial charge < -0.3 is 14.5 Å². The third-order valence-electron chi connectivity index (χ3n) is 4.70. The molecule has 1 aromatic heterocycles. The molecule has 174 valence electrons. The number of aromatic amines is 1. The number of para-hydroxylation sites is 2. The molecule has 0 aliphatic heterocycles. The van der Waals surface area contributed by atoms with Gasteiger partial charge in [-0.2, -0.15) is 5.10 Å². The van der Waals surface area contributed by atoms with Crippen LogP contribution in [0.25, 0.3) is 11.0 Å². The van der Waals surface area contributed by atoms with E-state index in [9.17, 15) is 4.79 Å². The number of nitrogens with one attached hydrogen (secondary N) is 2. The summed E-state index contributed by atoms with van der Waals surface area (Å²) in [5.41, 5.74) is 5.85. The Balaban J connectivity index is 1.30.